The van der Waals surface area contributed by atoms with Crippen LogP contribution in [0.25, 0.3) is 0 Å². The molecule has 0 aromatic carbocycles. The number of Topliss-reactive ketones (excluding diaryl/α,β-unsaturated/α-hetero) is 1. The summed E-state index contributed by atoms with van der Waals surface area (Å²) in [5.41, 5.74) is 0. The van der Waals surface area contributed by atoms with Crippen LogP contribution in [0.4, 0.5) is 0 Å². The van der Waals surface area contributed by atoms with E-state index < -0.39 is 0 Å². The van der Waals surface area contributed by atoms with Gasteiger partial charge in [-0.05, 0) is 13.5 Å². The highest BCUT2D eigenvalue weighted by molar-refractivity contribution is 5.84. The van der Waals surface area contributed by atoms with Crippen molar-refractivity contribution in [3.63, 3.8) is 0 Å². The molecule has 1 heterocycles. The molecule has 0 aromatic rings. The Labute approximate surface area is 74.1 Å². The third-order valence-corrected chi connectivity index (χ3v) is 2.38. The number of hydrogen-bond donors (Lipinski definition) is 1. The van der Waals surface area contributed by atoms with Crippen LogP contribution in [-0.2, 0) is 4.79 Å². The molecule has 1 saturated heterocycles. The van der Waals surface area contributed by atoms with Gasteiger partial charge in [0.05, 0.1) is 6.04 Å². The highest BCUT2D eigenvalue weighted by Gasteiger charge is 2.24. The number of likely N-dealkylation sites (N-methyl/N-ethyl adjacent to an activating group) is 1. The number of nitrogens with zero attached hydrogens (tertiary/aromatic N) is 1. The van der Waals surface area contributed by atoms with Crippen molar-refractivity contribution in [2.24, 2.45) is 0 Å². The average molecular weight is 170 g/mol. The summed E-state index contributed by atoms with van der Waals surface area (Å²) >= 11 is 0. The van der Waals surface area contributed by atoms with E-state index in [4.69, 9.17) is 0 Å². The van der Waals surface area contributed by atoms with Crippen LogP contribution in [0, 0.1) is 0 Å². The third-order valence-electron chi connectivity index (χ3n) is 2.38. The average Bonchev–Trinajstić information content (AvgIpc) is 2.05. The first-order valence-corrected chi connectivity index (χ1v) is 4.69. The standard InChI is InChI=1S/C9H18N2O/c1-3-4-9(12)8-7-10-5-6-11(8)2/h8,10H,3-7H2,1-2H3. The van der Waals surface area contributed by atoms with Crippen molar-refractivity contribution in [3.05, 3.63) is 0 Å². The Balaban J connectivity index is 2.42. The molecule has 70 valence electrons. The number of carbonyl (C=O) groups is 1. The number of ketones is 1. The lowest BCUT2D eigenvalue weighted by Gasteiger charge is -2.31. The second-order valence-corrected chi connectivity index (χ2v) is 3.42. The van der Waals surface area contributed by atoms with E-state index in [2.05, 4.69) is 10.2 Å². The molecule has 0 amide bonds. The van der Waals surface area contributed by atoms with Crippen LogP contribution < -0.4 is 5.32 Å². The van der Waals surface area contributed by atoms with Gasteiger partial charge in [0.25, 0.3) is 0 Å². The molecule has 1 N–H and O–H groups in total. The Morgan fingerprint density at radius 2 is 2.42 bits per heavy atom. The zero-order chi connectivity index (χ0) is 8.97. The van der Waals surface area contributed by atoms with Gasteiger partial charge >= 0.3 is 0 Å². The molecule has 0 spiro atoms. The van der Waals surface area contributed by atoms with Gasteiger partial charge in [-0.15, -0.1) is 0 Å². The lowest BCUT2D eigenvalue weighted by atomic mass is 10.1. The van der Waals surface area contributed by atoms with Gasteiger partial charge in [0.1, 0.15) is 0 Å². The molecule has 0 aromatic heterocycles. The van der Waals surface area contributed by atoms with E-state index in [-0.39, 0.29) is 6.04 Å². The van der Waals surface area contributed by atoms with Crippen LogP contribution in [0.2, 0.25) is 0 Å². The zero-order valence-electron chi connectivity index (χ0n) is 7.97. The summed E-state index contributed by atoms with van der Waals surface area (Å²) in [5.74, 6) is 0.382. The fourth-order valence-electron chi connectivity index (χ4n) is 1.58. The maximum absolute atomic E-state index is 11.5. The Bertz CT molecular complexity index is 159. The van der Waals surface area contributed by atoms with Gasteiger partial charge in [-0.3, -0.25) is 9.69 Å². The van der Waals surface area contributed by atoms with Gasteiger partial charge in [-0.2, -0.15) is 0 Å². The quantitative estimate of drug-likeness (QED) is 0.659. The zero-order valence-corrected chi connectivity index (χ0v) is 7.97. The first-order valence-electron chi connectivity index (χ1n) is 4.69. The summed E-state index contributed by atoms with van der Waals surface area (Å²) in [6.45, 7) is 4.87. The van der Waals surface area contributed by atoms with Crippen molar-refractivity contribution in [1.82, 2.24) is 10.2 Å². The molecular formula is C9H18N2O. The highest BCUT2D eigenvalue weighted by atomic mass is 16.1. The Morgan fingerprint density at radius 1 is 1.67 bits per heavy atom. The van der Waals surface area contributed by atoms with E-state index in [0.717, 1.165) is 32.5 Å². The first kappa shape index (κ1) is 9.68. The van der Waals surface area contributed by atoms with E-state index in [1.54, 1.807) is 0 Å². The van der Waals surface area contributed by atoms with E-state index in [1.807, 2.05) is 14.0 Å². The molecule has 1 rings (SSSR count). The second-order valence-electron chi connectivity index (χ2n) is 3.42. The van der Waals surface area contributed by atoms with Crippen LogP contribution in [-0.4, -0.2) is 43.4 Å². The molecule has 1 aliphatic heterocycles. The normalized spacial score (nSPS) is 25.7. The van der Waals surface area contributed by atoms with Crippen LogP contribution in [0.3, 0.4) is 0 Å². The fraction of sp³-hybridized carbons (Fsp3) is 0.889. The van der Waals surface area contributed by atoms with Gasteiger partial charge in [-0.25, -0.2) is 0 Å². The SMILES string of the molecule is CCCC(=O)C1CNCCN1C. The Morgan fingerprint density at radius 3 is 3.00 bits per heavy atom. The molecule has 0 radical (unpaired) electrons. The number of hydrogen-bond acceptors (Lipinski definition) is 3. The van der Waals surface area contributed by atoms with Crippen molar-refractivity contribution >= 4 is 5.78 Å². The van der Waals surface area contributed by atoms with Crippen molar-refractivity contribution < 1.29 is 4.79 Å². The van der Waals surface area contributed by atoms with Crippen molar-refractivity contribution in [2.75, 3.05) is 26.7 Å². The van der Waals surface area contributed by atoms with Crippen LogP contribution >= 0.6 is 0 Å². The Kier molecular flexibility index (Phi) is 3.69. The predicted octanol–water partition coefficient (Wildman–Crippen LogP) is 0.259. The first-order chi connectivity index (χ1) is 5.75. The summed E-state index contributed by atoms with van der Waals surface area (Å²) in [6.07, 6.45) is 1.68. The van der Waals surface area contributed by atoms with Gasteiger partial charge in [0.2, 0.25) is 0 Å². The summed E-state index contributed by atoms with van der Waals surface area (Å²) in [7, 11) is 2.03. The minimum atomic E-state index is 0.124. The number of piperazine rings is 1. The van der Waals surface area contributed by atoms with Gasteiger partial charge in [0.15, 0.2) is 5.78 Å². The molecule has 3 nitrogen and oxygen atoms in total. The molecule has 0 bridgehead atoms. The number of rotatable bonds is 3. The molecule has 3 heteroatoms. The summed E-state index contributed by atoms with van der Waals surface area (Å²) in [6, 6.07) is 0.124. The van der Waals surface area contributed by atoms with Crippen molar-refractivity contribution in [2.45, 2.75) is 25.8 Å². The topological polar surface area (TPSA) is 32.3 Å². The van der Waals surface area contributed by atoms with E-state index in [9.17, 15) is 4.79 Å². The largest absolute Gasteiger partial charge is 0.313 e. The predicted molar refractivity (Wildman–Crippen MR) is 49.2 cm³/mol. The molecule has 0 aliphatic carbocycles. The lowest BCUT2D eigenvalue weighted by molar-refractivity contribution is -0.124. The number of carbonyl (C=O) groups excluding carboxylic acids is 1. The maximum Gasteiger partial charge on any atom is 0.151 e. The van der Waals surface area contributed by atoms with Crippen molar-refractivity contribution in [3.8, 4) is 0 Å². The van der Waals surface area contributed by atoms with E-state index in [1.165, 1.54) is 0 Å². The minimum Gasteiger partial charge on any atom is -0.313 e. The summed E-state index contributed by atoms with van der Waals surface area (Å²) in [4.78, 5) is 13.7. The van der Waals surface area contributed by atoms with Crippen LogP contribution in [0.5, 0.6) is 0 Å². The maximum atomic E-state index is 11.5. The Hall–Kier alpha value is -0.410. The van der Waals surface area contributed by atoms with E-state index >= 15 is 0 Å². The molecule has 1 atom stereocenters. The smallest absolute Gasteiger partial charge is 0.151 e. The molecule has 1 unspecified atom stereocenters. The molecule has 12 heavy (non-hydrogen) atoms. The monoisotopic (exact) mass is 170 g/mol. The van der Waals surface area contributed by atoms with E-state index in [0.29, 0.717) is 5.78 Å². The second kappa shape index (κ2) is 4.58. The van der Waals surface area contributed by atoms with Gasteiger partial charge in [0, 0.05) is 26.1 Å². The highest BCUT2D eigenvalue weighted by Crippen LogP contribution is 2.04. The molecule has 0 saturated carbocycles. The number of nitrogens with one attached hydrogen (secondary N) is 1. The fourth-order valence-corrected chi connectivity index (χ4v) is 1.58. The summed E-state index contributed by atoms with van der Waals surface area (Å²) in [5, 5.41) is 3.24. The van der Waals surface area contributed by atoms with Gasteiger partial charge < -0.3 is 5.32 Å². The van der Waals surface area contributed by atoms with Crippen LogP contribution in [0.15, 0.2) is 0 Å². The molecule has 1 fully saturated rings. The molecular weight excluding hydrogens is 152 g/mol. The summed E-state index contributed by atoms with van der Waals surface area (Å²) < 4.78 is 0. The lowest BCUT2D eigenvalue weighted by Crippen LogP contribution is -2.52. The minimum absolute atomic E-state index is 0.124. The third kappa shape index (κ3) is 2.29. The van der Waals surface area contributed by atoms with Crippen molar-refractivity contribution in [1.29, 1.82) is 0 Å². The molecule has 1 aliphatic rings. The van der Waals surface area contributed by atoms with Gasteiger partial charge in [-0.1, -0.05) is 6.92 Å². The van der Waals surface area contributed by atoms with Crippen LogP contribution in [0.1, 0.15) is 19.8 Å².